The van der Waals surface area contributed by atoms with Crippen molar-refractivity contribution in [1.29, 1.82) is 0 Å². The number of benzene rings is 1. The molecule has 1 saturated heterocycles. The third-order valence-electron chi connectivity index (χ3n) is 4.82. The van der Waals surface area contributed by atoms with Gasteiger partial charge in [-0.25, -0.2) is 0 Å². The van der Waals surface area contributed by atoms with Gasteiger partial charge in [-0.3, -0.25) is 9.69 Å². The topological polar surface area (TPSA) is 76.8 Å². The highest BCUT2D eigenvalue weighted by Crippen LogP contribution is 2.20. The summed E-state index contributed by atoms with van der Waals surface area (Å²) in [6.07, 6.45) is 5.39. The van der Waals surface area contributed by atoms with Crippen LogP contribution in [-0.2, 0) is 16.1 Å². The van der Waals surface area contributed by atoms with Crippen molar-refractivity contribution >= 4 is 5.91 Å². The van der Waals surface area contributed by atoms with Crippen LogP contribution in [0.15, 0.2) is 36.4 Å². The van der Waals surface area contributed by atoms with Crippen LogP contribution in [-0.4, -0.2) is 56.3 Å². The van der Waals surface area contributed by atoms with Crippen LogP contribution in [0.2, 0.25) is 0 Å². The van der Waals surface area contributed by atoms with E-state index >= 15 is 0 Å². The zero-order valence-corrected chi connectivity index (χ0v) is 15.2. The lowest BCUT2D eigenvalue weighted by Crippen LogP contribution is -2.38. The number of nitrogens with one attached hydrogen (secondary N) is 1. The van der Waals surface area contributed by atoms with E-state index in [9.17, 15) is 4.79 Å². The number of nitrogens with two attached hydrogens (primary N) is 1. The van der Waals surface area contributed by atoms with Crippen LogP contribution in [0.5, 0.6) is 5.75 Å². The van der Waals surface area contributed by atoms with E-state index in [1.807, 2.05) is 36.4 Å². The zero-order chi connectivity index (χ0) is 18.2. The summed E-state index contributed by atoms with van der Waals surface area (Å²) in [4.78, 5) is 14.4. The minimum absolute atomic E-state index is 0.0624. The molecule has 0 aromatic heterocycles. The summed E-state index contributed by atoms with van der Waals surface area (Å²) in [6.45, 7) is 5.62. The summed E-state index contributed by atoms with van der Waals surface area (Å²) in [5.74, 6) is 1.17. The predicted octanol–water partition coefficient (Wildman–Crippen LogP) is 1.31. The van der Waals surface area contributed by atoms with Crippen molar-refractivity contribution in [2.75, 3.05) is 39.5 Å². The Kier molecular flexibility index (Phi) is 7.05. The highest BCUT2D eigenvalue weighted by atomic mass is 16.5. The predicted molar refractivity (Wildman–Crippen MR) is 101 cm³/mol. The van der Waals surface area contributed by atoms with Gasteiger partial charge >= 0.3 is 0 Å². The molecule has 1 aliphatic carbocycles. The van der Waals surface area contributed by atoms with Gasteiger partial charge in [0.15, 0.2) is 0 Å². The lowest BCUT2D eigenvalue weighted by atomic mass is 10.0. The molecule has 1 aromatic rings. The third-order valence-corrected chi connectivity index (χ3v) is 4.82. The molecule has 3 rings (SSSR count). The molecule has 2 aliphatic rings. The number of rotatable bonds is 8. The molecule has 2 atom stereocenters. The summed E-state index contributed by atoms with van der Waals surface area (Å²) in [5, 5.41) is 2.98. The molecule has 0 unspecified atom stereocenters. The molecule has 0 saturated carbocycles. The normalized spacial score (nSPS) is 23.1. The van der Waals surface area contributed by atoms with Crippen LogP contribution in [0, 0.1) is 5.92 Å². The molecule has 142 valence electrons. The van der Waals surface area contributed by atoms with E-state index in [0.717, 1.165) is 50.6 Å². The molecule has 1 amide bonds. The summed E-state index contributed by atoms with van der Waals surface area (Å²) >= 11 is 0. The van der Waals surface area contributed by atoms with Crippen molar-refractivity contribution in [2.45, 2.75) is 25.4 Å². The molecule has 26 heavy (non-hydrogen) atoms. The smallest absolute Gasteiger partial charge is 0.220 e. The average Bonchev–Trinajstić information content (AvgIpc) is 3.06. The lowest BCUT2D eigenvalue weighted by molar-refractivity contribution is -0.121. The number of allylic oxidation sites excluding steroid dienone is 1. The fraction of sp³-hybridized carbons (Fsp3) is 0.550. The number of ether oxygens (including phenoxy) is 2. The van der Waals surface area contributed by atoms with Crippen molar-refractivity contribution < 1.29 is 14.3 Å². The van der Waals surface area contributed by atoms with Gasteiger partial charge in [-0.05, 0) is 30.0 Å². The lowest BCUT2D eigenvalue weighted by Gasteiger charge is -2.26. The first kappa shape index (κ1) is 18.9. The van der Waals surface area contributed by atoms with Crippen molar-refractivity contribution in [3.63, 3.8) is 0 Å². The number of hydrogen-bond acceptors (Lipinski definition) is 5. The van der Waals surface area contributed by atoms with Gasteiger partial charge in [-0.15, -0.1) is 0 Å². The zero-order valence-electron chi connectivity index (χ0n) is 15.2. The van der Waals surface area contributed by atoms with Crippen LogP contribution in [0.4, 0.5) is 0 Å². The van der Waals surface area contributed by atoms with Gasteiger partial charge in [0.1, 0.15) is 12.4 Å². The summed E-state index contributed by atoms with van der Waals surface area (Å²) in [6, 6.07) is 8.00. The molecule has 0 radical (unpaired) electrons. The van der Waals surface area contributed by atoms with Gasteiger partial charge in [0.05, 0.1) is 13.2 Å². The van der Waals surface area contributed by atoms with Crippen LogP contribution < -0.4 is 15.8 Å². The Morgan fingerprint density at radius 1 is 1.31 bits per heavy atom. The Bertz CT molecular complexity index is 614. The summed E-state index contributed by atoms with van der Waals surface area (Å²) < 4.78 is 11.2. The molecular formula is C20H29N3O3. The summed E-state index contributed by atoms with van der Waals surface area (Å²) in [7, 11) is 0. The molecule has 0 bridgehead atoms. The molecule has 3 N–H and O–H groups in total. The first-order valence-corrected chi connectivity index (χ1v) is 9.41. The van der Waals surface area contributed by atoms with Crippen molar-refractivity contribution in [1.82, 2.24) is 10.2 Å². The average molecular weight is 359 g/mol. The fourth-order valence-electron chi connectivity index (χ4n) is 3.33. The quantitative estimate of drug-likeness (QED) is 0.685. The minimum Gasteiger partial charge on any atom is -0.492 e. The minimum atomic E-state index is 0.0624. The Hall–Kier alpha value is -1.89. The molecule has 6 nitrogen and oxygen atoms in total. The largest absolute Gasteiger partial charge is 0.492 e. The van der Waals surface area contributed by atoms with Crippen LogP contribution in [0.1, 0.15) is 18.4 Å². The highest BCUT2D eigenvalue weighted by molar-refractivity contribution is 5.76. The second kappa shape index (κ2) is 9.71. The number of hydrogen-bond donors (Lipinski definition) is 2. The maximum absolute atomic E-state index is 12.1. The van der Waals surface area contributed by atoms with Gasteiger partial charge in [0.25, 0.3) is 0 Å². The standard InChI is InChI=1S/C20H29N3O3/c21-18-5-4-16(12-18)14-20(24)22-15-17-2-1-3-19(13-17)26-11-8-23-6-9-25-10-7-23/h1-5,13,16,18H,6-12,14-15,21H2,(H,22,24)/t16-,18+/m1/s1. The van der Waals surface area contributed by atoms with Gasteiger partial charge in [0, 0.05) is 38.6 Å². The highest BCUT2D eigenvalue weighted by Gasteiger charge is 2.18. The van der Waals surface area contributed by atoms with E-state index in [1.54, 1.807) is 0 Å². The van der Waals surface area contributed by atoms with Crippen LogP contribution >= 0.6 is 0 Å². The van der Waals surface area contributed by atoms with E-state index in [2.05, 4.69) is 10.2 Å². The van der Waals surface area contributed by atoms with Gasteiger partial charge < -0.3 is 20.5 Å². The molecule has 6 heteroatoms. The maximum Gasteiger partial charge on any atom is 0.220 e. The van der Waals surface area contributed by atoms with Crippen molar-refractivity contribution in [3.05, 3.63) is 42.0 Å². The maximum atomic E-state index is 12.1. The first-order chi connectivity index (χ1) is 12.7. The Labute approximate surface area is 155 Å². The Balaban J connectivity index is 1.37. The molecule has 1 heterocycles. The van der Waals surface area contributed by atoms with Crippen LogP contribution in [0.25, 0.3) is 0 Å². The SMILES string of the molecule is N[C@H]1C=C[C@@H](CC(=O)NCc2cccc(OCCN3CCOCC3)c2)C1. The monoisotopic (exact) mass is 359 g/mol. The third kappa shape index (κ3) is 6.12. The fourth-order valence-corrected chi connectivity index (χ4v) is 3.33. The molecule has 0 spiro atoms. The Morgan fingerprint density at radius 2 is 2.15 bits per heavy atom. The number of amides is 1. The van der Waals surface area contributed by atoms with Crippen molar-refractivity contribution in [3.8, 4) is 5.75 Å². The number of carbonyl (C=O) groups is 1. The molecule has 1 aliphatic heterocycles. The van der Waals surface area contributed by atoms with Crippen LogP contribution in [0.3, 0.4) is 0 Å². The van der Waals surface area contributed by atoms with Gasteiger partial charge in [-0.1, -0.05) is 24.3 Å². The second-order valence-corrected chi connectivity index (χ2v) is 6.98. The number of nitrogens with zero attached hydrogens (tertiary/aromatic N) is 1. The first-order valence-electron chi connectivity index (χ1n) is 9.41. The van der Waals surface area contributed by atoms with E-state index in [-0.39, 0.29) is 17.9 Å². The Morgan fingerprint density at radius 3 is 2.92 bits per heavy atom. The summed E-state index contributed by atoms with van der Waals surface area (Å²) in [5.41, 5.74) is 6.87. The molecule has 1 fully saturated rings. The second-order valence-electron chi connectivity index (χ2n) is 6.98. The number of morpholine rings is 1. The van der Waals surface area contributed by atoms with Gasteiger partial charge in [0.2, 0.25) is 5.91 Å². The number of carbonyl (C=O) groups excluding carboxylic acids is 1. The van der Waals surface area contributed by atoms with E-state index in [4.69, 9.17) is 15.2 Å². The van der Waals surface area contributed by atoms with E-state index in [0.29, 0.717) is 19.6 Å². The van der Waals surface area contributed by atoms with E-state index in [1.165, 1.54) is 0 Å². The van der Waals surface area contributed by atoms with Crippen molar-refractivity contribution in [2.24, 2.45) is 11.7 Å². The molecule has 1 aromatic carbocycles. The molecular weight excluding hydrogens is 330 g/mol. The van der Waals surface area contributed by atoms with E-state index < -0.39 is 0 Å². The van der Waals surface area contributed by atoms with Gasteiger partial charge in [-0.2, -0.15) is 0 Å².